The first-order chi connectivity index (χ1) is 15.2. The molecule has 2 atom stereocenters. The predicted molar refractivity (Wildman–Crippen MR) is 125 cm³/mol. The molecular weight excluding hydrogens is 430 g/mol. The summed E-state index contributed by atoms with van der Waals surface area (Å²) in [6.07, 6.45) is 4.66. The van der Waals surface area contributed by atoms with Crippen LogP contribution in [0.15, 0.2) is 29.6 Å². The number of amides is 1. The van der Waals surface area contributed by atoms with Crippen molar-refractivity contribution in [1.82, 2.24) is 10.6 Å². The van der Waals surface area contributed by atoms with Gasteiger partial charge in [-0.3, -0.25) is 4.79 Å². The maximum Gasteiger partial charge on any atom is 0.217 e. The van der Waals surface area contributed by atoms with Gasteiger partial charge in [-0.25, -0.2) is 8.78 Å². The van der Waals surface area contributed by atoms with Crippen LogP contribution in [0.2, 0.25) is 0 Å². The molecule has 0 bridgehead atoms. The highest BCUT2D eigenvalue weighted by Gasteiger charge is 2.35. The number of aliphatic hydroxyl groups is 1. The topological polar surface area (TPSA) is 61.4 Å². The van der Waals surface area contributed by atoms with Gasteiger partial charge in [0.1, 0.15) is 11.6 Å². The lowest BCUT2D eigenvalue weighted by Crippen LogP contribution is -2.53. The second-order valence-corrected chi connectivity index (χ2v) is 10.2. The molecule has 0 unspecified atom stereocenters. The third-order valence-electron chi connectivity index (χ3n) is 6.33. The van der Waals surface area contributed by atoms with E-state index in [1.807, 2.05) is 0 Å². The molecule has 4 nitrogen and oxygen atoms in total. The van der Waals surface area contributed by atoms with Crippen molar-refractivity contribution >= 4 is 17.2 Å². The van der Waals surface area contributed by atoms with E-state index in [2.05, 4.69) is 35.9 Å². The quantitative estimate of drug-likeness (QED) is 0.489. The van der Waals surface area contributed by atoms with Gasteiger partial charge in [-0.05, 0) is 59.9 Å². The summed E-state index contributed by atoms with van der Waals surface area (Å²) in [5.41, 5.74) is 1.46. The molecule has 0 radical (unpaired) electrons. The van der Waals surface area contributed by atoms with Crippen LogP contribution in [0.25, 0.3) is 0 Å². The molecule has 0 aliphatic heterocycles. The Morgan fingerprint density at radius 3 is 2.34 bits per heavy atom. The van der Waals surface area contributed by atoms with Gasteiger partial charge in [0.2, 0.25) is 5.91 Å². The number of hydrogen-bond donors (Lipinski definition) is 3. The van der Waals surface area contributed by atoms with Gasteiger partial charge in [-0.2, -0.15) is 0 Å². The number of benzene rings is 1. The molecule has 2 aromatic rings. The molecule has 1 heterocycles. The third-order valence-corrected chi connectivity index (χ3v) is 7.56. The van der Waals surface area contributed by atoms with E-state index < -0.39 is 23.8 Å². The van der Waals surface area contributed by atoms with Gasteiger partial charge in [-0.15, -0.1) is 11.3 Å². The van der Waals surface area contributed by atoms with E-state index in [-0.39, 0.29) is 24.4 Å². The second-order valence-electron chi connectivity index (χ2n) is 9.27. The van der Waals surface area contributed by atoms with Crippen LogP contribution in [0, 0.1) is 11.6 Å². The summed E-state index contributed by atoms with van der Waals surface area (Å²) in [7, 11) is 0. The normalized spacial score (nSPS) is 17.8. The Hall–Kier alpha value is -1.83. The Labute approximate surface area is 193 Å². The van der Waals surface area contributed by atoms with E-state index in [0.717, 1.165) is 31.7 Å². The molecule has 1 aliphatic rings. The van der Waals surface area contributed by atoms with Crippen molar-refractivity contribution in [3.63, 3.8) is 0 Å². The van der Waals surface area contributed by atoms with E-state index in [0.29, 0.717) is 11.5 Å². The first-order valence-electron chi connectivity index (χ1n) is 11.4. The zero-order chi connectivity index (χ0) is 23.3. The summed E-state index contributed by atoms with van der Waals surface area (Å²) < 4.78 is 27.3. The van der Waals surface area contributed by atoms with Crippen molar-refractivity contribution in [2.45, 2.75) is 82.9 Å². The number of aliphatic hydroxyl groups excluding tert-OH is 1. The number of carbonyl (C=O) groups is 1. The van der Waals surface area contributed by atoms with Crippen molar-refractivity contribution < 1.29 is 18.7 Å². The molecule has 1 aromatic heterocycles. The summed E-state index contributed by atoms with van der Waals surface area (Å²) in [5, 5.41) is 19.6. The Morgan fingerprint density at radius 1 is 1.12 bits per heavy atom. The maximum atomic E-state index is 13.6. The molecule has 1 fully saturated rings. The number of rotatable bonds is 9. The first kappa shape index (κ1) is 24.8. The Kier molecular flexibility index (Phi) is 8.42. The van der Waals surface area contributed by atoms with Gasteiger partial charge >= 0.3 is 0 Å². The highest BCUT2D eigenvalue weighted by atomic mass is 32.1. The lowest BCUT2D eigenvalue weighted by molar-refractivity contribution is -0.120. The molecule has 1 aromatic carbocycles. The summed E-state index contributed by atoms with van der Waals surface area (Å²) >= 11 is 1.77. The SMILES string of the molecule is CC(=O)N[C@H](Cc1cc(F)cc(F)c1)[C@H](O)CNC1(c2csc(C(C)C)c2)CCCCC1. The zero-order valence-electron chi connectivity index (χ0n) is 19.1. The van der Waals surface area contributed by atoms with Crippen molar-refractivity contribution in [1.29, 1.82) is 0 Å². The number of halogens is 2. The average molecular weight is 465 g/mol. The van der Waals surface area contributed by atoms with Gasteiger partial charge in [0.05, 0.1) is 12.1 Å². The summed E-state index contributed by atoms with van der Waals surface area (Å²) in [5.74, 6) is -1.17. The van der Waals surface area contributed by atoms with Gasteiger partial charge < -0.3 is 15.7 Å². The van der Waals surface area contributed by atoms with Crippen molar-refractivity contribution in [2.75, 3.05) is 6.54 Å². The number of nitrogens with one attached hydrogen (secondary N) is 2. The van der Waals surface area contributed by atoms with Crippen molar-refractivity contribution in [3.05, 3.63) is 57.3 Å². The highest BCUT2D eigenvalue weighted by molar-refractivity contribution is 7.10. The van der Waals surface area contributed by atoms with Gasteiger partial charge in [0.15, 0.2) is 0 Å². The Balaban J connectivity index is 1.75. The lowest BCUT2D eigenvalue weighted by atomic mass is 9.77. The van der Waals surface area contributed by atoms with Crippen molar-refractivity contribution in [2.24, 2.45) is 0 Å². The lowest BCUT2D eigenvalue weighted by Gasteiger charge is -2.39. The standard InChI is InChI=1S/C25H34F2N2O2S/c1-16(2)24-12-19(15-32-24)25(7-5-4-6-8-25)28-14-23(31)22(29-17(3)30)11-18-9-20(26)13-21(27)10-18/h9-10,12-13,15-16,22-23,28,31H,4-8,11,14H2,1-3H3,(H,29,30)/t22-,23-/m1/s1. The van der Waals surface area contributed by atoms with Gasteiger partial charge in [-0.1, -0.05) is 33.1 Å². The molecule has 3 N–H and O–H groups in total. The number of thiophene rings is 1. The van der Waals surface area contributed by atoms with Crippen LogP contribution in [0.1, 0.15) is 74.8 Å². The van der Waals surface area contributed by atoms with E-state index in [1.54, 1.807) is 11.3 Å². The van der Waals surface area contributed by atoms with Crippen LogP contribution in [0.4, 0.5) is 8.78 Å². The maximum absolute atomic E-state index is 13.6. The van der Waals surface area contributed by atoms with Crippen LogP contribution in [0.5, 0.6) is 0 Å². The fourth-order valence-electron chi connectivity index (χ4n) is 4.60. The molecular formula is C25H34F2N2O2S. The van der Waals surface area contributed by atoms with Crippen LogP contribution < -0.4 is 10.6 Å². The largest absolute Gasteiger partial charge is 0.390 e. The number of hydrogen-bond acceptors (Lipinski definition) is 4. The van der Waals surface area contributed by atoms with Gasteiger partial charge in [0, 0.05) is 30.0 Å². The third kappa shape index (κ3) is 6.36. The summed E-state index contributed by atoms with van der Waals surface area (Å²) in [4.78, 5) is 13.1. The fourth-order valence-corrected chi connectivity index (χ4v) is 5.62. The predicted octanol–water partition coefficient (Wildman–Crippen LogP) is 5.01. The first-order valence-corrected chi connectivity index (χ1v) is 12.3. The van der Waals surface area contributed by atoms with E-state index in [4.69, 9.17) is 0 Å². The minimum Gasteiger partial charge on any atom is -0.390 e. The van der Waals surface area contributed by atoms with Crippen LogP contribution in [-0.4, -0.2) is 29.7 Å². The second kappa shape index (κ2) is 10.9. The highest BCUT2D eigenvalue weighted by Crippen LogP contribution is 2.40. The minimum absolute atomic E-state index is 0.139. The molecule has 32 heavy (non-hydrogen) atoms. The minimum atomic E-state index is -0.910. The number of carbonyl (C=O) groups excluding carboxylic acids is 1. The van der Waals surface area contributed by atoms with E-state index >= 15 is 0 Å². The molecule has 1 aliphatic carbocycles. The summed E-state index contributed by atoms with van der Waals surface area (Å²) in [6, 6.07) is 4.91. The summed E-state index contributed by atoms with van der Waals surface area (Å²) in [6.45, 7) is 6.03. The molecule has 1 saturated carbocycles. The smallest absolute Gasteiger partial charge is 0.217 e. The molecule has 7 heteroatoms. The monoisotopic (exact) mass is 464 g/mol. The molecule has 1 amide bonds. The van der Waals surface area contributed by atoms with E-state index in [9.17, 15) is 18.7 Å². The molecule has 0 spiro atoms. The van der Waals surface area contributed by atoms with Crippen LogP contribution in [-0.2, 0) is 16.8 Å². The van der Waals surface area contributed by atoms with Crippen LogP contribution >= 0.6 is 11.3 Å². The zero-order valence-corrected chi connectivity index (χ0v) is 19.9. The fraction of sp³-hybridized carbons (Fsp3) is 0.560. The molecule has 3 rings (SSSR count). The molecule has 176 valence electrons. The van der Waals surface area contributed by atoms with Crippen molar-refractivity contribution in [3.8, 4) is 0 Å². The Bertz CT molecular complexity index is 889. The van der Waals surface area contributed by atoms with Crippen LogP contribution in [0.3, 0.4) is 0 Å². The Morgan fingerprint density at radius 2 is 1.78 bits per heavy atom. The average Bonchev–Trinajstić information content (AvgIpc) is 3.22. The van der Waals surface area contributed by atoms with Gasteiger partial charge in [0.25, 0.3) is 0 Å². The molecule has 0 saturated heterocycles. The van der Waals surface area contributed by atoms with E-state index in [1.165, 1.54) is 35.9 Å².